The number of alkyl halides is 3. The first-order valence-corrected chi connectivity index (χ1v) is 11.3. The molecule has 36 heavy (non-hydrogen) atoms. The Balaban J connectivity index is 0.00000361. The summed E-state index contributed by atoms with van der Waals surface area (Å²) in [6, 6.07) is 3.11. The number of carbonyl (C=O) groups is 1. The van der Waals surface area contributed by atoms with E-state index in [0.29, 0.717) is 11.1 Å². The summed E-state index contributed by atoms with van der Waals surface area (Å²) < 4.78 is 79.5. The molecular formula is C22H21ClF5N5O2S. The number of halogens is 6. The van der Waals surface area contributed by atoms with Crippen LogP contribution in [0.25, 0.3) is 11.3 Å². The van der Waals surface area contributed by atoms with Gasteiger partial charge in [0.2, 0.25) is 5.06 Å². The standard InChI is InChI=1S/C22H20F5N5O2S.ClH/c23-13-2-1-3-14(24)17(13)18-12(22(25,26)27)8-15(29)19(32-18)20(33)31-16-9-30-35-21(16)34-11-6-4-10(28)5-7-11;/h1-3,8-11H,4-7,28-29H2,(H,31,33);1H. The largest absolute Gasteiger partial charge is 0.478 e. The molecular weight excluding hydrogens is 529 g/mol. The van der Waals surface area contributed by atoms with Gasteiger partial charge in [-0.3, -0.25) is 4.79 Å². The summed E-state index contributed by atoms with van der Waals surface area (Å²) in [4.78, 5) is 16.6. The topological polar surface area (TPSA) is 116 Å². The van der Waals surface area contributed by atoms with Crippen molar-refractivity contribution >= 4 is 41.2 Å². The molecule has 4 rings (SSSR count). The second-order valence-corrected chi connectivity index (χ2v) is 8.82. The number of ether oxygens (including phenoxy) is 1. The first kappa shape index (κ1) is 27.6. The van der Waals surface area contributed by atoms with Crippen molar-refractivity contribution in [3.8, 4) is 16.3 Å². The zero-order valence-corrected chi connectivity index (χ0v) is 20.1. The fraction of sp³-hybridized carbons (Fsp3) is 0.318. The Bertz CT molecular complexity index is 1230. The van der Waals surface area contributed by atoms with Gasteiger partial charge in [-0.05, 0) is 43.9 Å². The van der Waals surface area contributed by atoms with Crippen LogP contribution in [0.5, 0.6) is 5.06 Å². The number of carbonyl (C=O) groups excluding carboxylic acids is 1. The van der Waals surface area contributed by atoms with Crippen LogP contribution in [0.15, 0.2) is 30.5 Å². The molecule has 3 aromatic rings. The lowest BCUT2D eigenvalue weighted by atomic mass is 9.94. The second kappa shape index (κ2) is 10.9. The second-order valence-electron chi connectivity index (χ2n) is 8.05. The van der Waals surface area contributed by atoms with E-state index in [1.807, 2.05) is 0 Å². The molecule has 1 aliphatic carbocycles. The van der Waals surface area contributed by atoms with Crippen LogP contribution >= 0.6 is 23.9 Å². The molecule has 2 aromatic heterocycles. The van der Waals surface area contributed by atoms with Crippen LogP contribution in [0.1, 0.15) is 41.7 Å². The Labute approximate surface area is 212 Å². The summed E-state index contributed by atoms with van der Waals surface area (Å²) in [5.41, 5.74) is 6.90. The minimum atomic E-state index is -5.04. The molecule has 0 aliphatic heterocycles. The van der Waals surface area contributed by atoms with E-state index < -0.39 is 51.9 Å². The Morgan fingerprint density at radius 2 is 1.78 bits per heavy atom. The van der Waals surface area contributed by atoms with E-state index in [1.54, 1.807) is 0 Å². The molecule has 1 amide bonds. The van der Waals surface area contributed by atoms with Gasteiger partial charge in [0.15, 0.2) is 5.69 Å². The van der Waals surface area contributed by atoms with Crippen molar-refractivity contribution < 1.29 is 31.5 Å². The van der Waals surface area contributed by atoms with Crippen LogP contribution in [0.3, 0.4) is 0 Å². The lowest BCUT2D eigenvalue weighted by Gasteiger charge is -2.26. The fourth-order valence-corrected chi connectivity index (χ4v) is 4.41. The van der Waals surface area contributed by atoms with E-state index in [4.69, 9.17) is 16.2 Å². The van der Waals surface area contributed by atoms with Crippen molar-refractivity contribution in [2.75, 3.05) is 11.1 Å². The summed E-state index contributed by atoms with van der Waals surface area (Å²) >= 11 is 0.977. The van der Waals surface area contributed by atoms with E-state index in [2.05, 4.69) is 14.7 Å². The van der Waals surface area contributed by atoms with Gasteiger partial charge in [-0.2, -0.15) is 17.5 Å². The molecule has 0 unspecified atom stereocenters. The smallest absolute Gasteiger partial charge is 0.418 e. The maximum atomic E-state index is 14.3. The number of hydrogen-bond acceptors (Lipinski definition) is 7. The van der Waals surface area contributed by atoms with Crippen LogP contribution in [0.4, 0.5) is 33.3 Å². The van der Waals surface area contributed by atoms with E-state index in [9.17, 15) is 26.7 Å². The number of benzene rings is 1. The molecule has 0 saturated heterocycles. The number of anilines is 2. The van der Waals surface area contributed by atoms with Crippen molar-refractivity contribution in [3.63, 3.8) is 0 Å². The molecule has 2 heterocycles. The number of nitrogens with zero attached hydrogens (tertiary/aromatic N) is 2. The number of amides is 1. The molecule has 7 nitrogen and oxygen atoms in total. The van der Waals surface area contributed by atoms with E-state index >= 15 is 0 Å². The van der Waals surface area contributed by atoms with Crippen molar-refractivity contribution in [3.05, 3.63) is 53.4 Å². The SMILES string of the molecule is Cl.Nc1cc(C(F)(F)F)c(-c2c(F)cccc2F)nc1C(=O)Nc1cnsc1OC1CCC(N)CC1. The molecule has 0 atom stereocenters. The van der Waals surface area contributed by atoms with Crippen molar-refractivity contribution in [1.82, 2.24) is 9.36 Å². The first-order chi connectivity index (χ1) is 16.5. The average molecular weight is 550 g/mol. The third kappa shape index (κ3) is 5.85. The van der Waals surface area contributed by atoms with Crippen LogP contribution in [-0.4, -0.2) is 27.4 Å². The van der Waals surface area contributed by atoms with Gasteiger partial charge in [0.05, 0.1) is 34.8 Å². The predicted octanol–water partition coefficient (Wildman–Crippen LogP) is 5.41. The number of nitrogen functional groups attached to an aromatic ring is 1. The Kier molecular flexibility index (Phi) is 8.37. The summed E-state index contributed by atoms with van der Waals surface area (Å²) in [6.45, 7) is 0. The van der Waals surface area contributed by atoms with Crippen LogP contribution < -0.4 is 21.5 Å². The highest BCUT2D eigenvalue weighted by Gasteiger charge is 2.37. The average Bonchev–Trinajstić information content (AvgIpc) is 3.21. The molecule has 1 saturated carbocycles. The molecule has 0 radical (unpaired) electrons. The zero-order valence-electron chi connectivity index (χ0n) is 18.4. The van der Waals surface area contributed by atoms with Gasteiger partial charge in [0.25, 0.3) is 5.91 Å². The third-order valence-corrected chi connectivity index (χ3v) is 6.24. The maximum Gasteiger partial charge on any atom is 0.418 e. The number of nitrogens with one attached hydrogen (secondary N) is 1. The summed E-state index contributed by atoms with van der Waals surface area (Å²) in [5.74, 6) is -3.54. The molecule has 14 heteroatoms. The lowest BCUT2D eigenvalue weighted by Crippen LogP contribution is -2.31. The van der Waals surface area contributed by atoms with Crippen molar-refractivity contribution in [2.45, 2.75) is 44.0 Å². The lowest BCUT2D eigenvalue weighted by molar-refractivity contribution is -0.137. The number of pyridine rings is 1. The van der Waals surface area contributed by atoms with Gasteiger partial charge in [0.1, 0.15) is 17.3 Å². The molecule has 0 spiro atoms. The summed E-state index contributed by atoms with van der Waals surface area (Å²) in [6.07, 6.45) is -0.852. The normalized spacial score (nSPS) is 17.8. The monoisotopic (exact) mass is 549 g/mol. The van der Waals surface area contributed by atoms with Gasteiger partial charge in [-0.25, -0.2) is 13.8 Å². The van der Waals surface area contributed by atoms with E-state index in [-0.39, 0.29) is 30.2 Å². The highest BCUT2D eigenvalue weighted by Crippen LogP contribution is 2.40. The fourth-order valence-electron chi connectivity index (χ4n) is 3.78. The zero-order chi connectivity index (χ0) is 25.3. The highest BCUT2D eigenvalue weighted by molar-refractivity contribution is 7.08. The van der Waals surface area contributed by atoms with Gasteiger partial charge in [-0.15, -0.1) is 12.4 Å². The number of aromatic nitrogens is 2. The molecule has 194 valence electrons. The Morgan fingerprint density at radius 3 is 2.39 bits per heavy atom. The van der Waals surface area contributed by atoms with Gasteiger partial charge < -0.3 is 21.5 Å². The van der Waals surface area contributed by atoms with Crippen molar-refractivity contribution in [2.24, 2.45) is 5.73 Å². The number of nitrogens with two attached hydrogens (primary N) is 2. The quantitative estimate of drug-likeness (QED) is 0.367. The first-order valence-electron chi connectivity index (χ1n) is 10.5. The third-order valence-electron chi connectivity index (χ3n) is 5.55. The molecule has 5 N–H and O–H groups in total. The Hall–Kier alpha value is -3.03. The number of hydrogen-bond donors (Lipinski definition) is 3. The Morgan fingerprint density at radius 1 is 1.14 bits per heavy atom. The molecule has 1 aromatic carbocycles. The van der Waals surface area contributed by atoms with Crippen LogP contribution in [0, 0.1) is 11.6 Å². The minimum absolute atomic E-state index is 0. The molecule has 0 bridgehead atoms. The van der Waals surface area contributed by atoms with Crippen LogP contribution in [0.2, 0.25) is 0 Å². The number of rotatable bonds is 5. The van der Waals surface area contributed by atoms with Crippen LogP contribution in [-0.2, 0) is 6.18 Å². The summed E-state index contributed by atoms with van der Waals surface area (Å²) in [5, 5.41) is 2.76. The highest BCUT2D eigenvalue weighted by atomic mass is 35.5. The summed E-state index contributed by atoms with van der Waals surface area (Å²) in [7, 11) is 0. The van der Waals surface area contributed by atoms with Crippen molar-refractivity contribution in [1.29, 1.82) is 0 Å². The van der Waals surface area contributed by atoms with E-state index in [1.165, 1.54) is 6.20 Å². The van der Waals surface area contributed by atoms with E-state index in [0.717, 1.165) is 55.4 Å². The molecule has 1 fully saturated rings. The van der Waals surface area contributed by atoms with Gasteiger partial charge >= 0.3 is 6.18 Å². The predicted molar refractivity (Wildman–Crippen MR) is 127 cm³/mol. The van der Waals surface area contributed by atoms with Gasteiger partial charge in [-0.1, -0.05) is 6.07 Å². The minimum Gasteiger partial charge on any atom is -0.478 e. The maximum absolute atomic E-state index is 14.3. The molecule has 1 aliphatic rings. The van der Waals surface area contributed by atoms with Gasteiger partial charge in [0, 0.05) is 17.6 Å².